The lowest BCUT2D eigenvalue weighted by Gasteiger charge is -2.42. The maximum Gasteiger partial charge on any atom is 0.266 e. The van der Waals surface area contributed by atoms with E-state index in [0.717, 1.165) is 36.6 Å². The van der Waals surface area contributed by atoms with Crippen molar-refractivity contribution in [2.75, 3.05) is 19.6 Å². The summed E-state index contributed by atoms with van der Waals surface area (Å²) in [6.45, 7) is 5.06. The third-order valence-corrected chi connectivity index (χ3v) is 5.59. The minimum atomic E-state index is 0. The molecule has 1 aromatic heterocycles. The molecule has 118 valence electrons. The van der Waals surface area contributed by atoms with E-state index in [0.29, 0.717) is 12.0 Å². The summed E-state index contributed by atoms with van der Waals surface area (Å²) in [6, 6.07) is 0.444. The van der Waals surface area contributed by atoms with E-state index in [1.165, 1.54) is 37.0 Å². The number of carbonyl (C=O) groups is 1. The van der Waals surface area contributed by atoms with Crippen LogP contribution in [0.25, 0.3) is 0 Å². The Labute approximate surface area is 136 Å². The van der Waals surface area contributed by atoms with Gasteiger partial charge in [0.15, 0.2) is 0 Å². The second kappa shape index (κ2) is 7.56. The smallest absolute Gasteiger partial charge is 0.266 e. The number of carbonyl (C=O) groups excluding carboxylic acids is 1. The average molecular weight is 330 g/mol. The lowest BCUT2D eigenvalue weighted by molar-refractivity contribution is 0.0480. The Balaban J connectivity index is 0.00000161. The first-order valence-corrected chi connectivity index (χ1v) is 8.57. The van der Waals surface area contributed by atoms with E-state index in [4.69, 9.17) is 0 Å². The Morgan fingerprint density at radius 1 is 1.33 bits per heavy atom. The summed E-state index contributed by atoms with van der Waals surface area (Å²) in [5, 5.41) is 3.42. The summed E-state index contributed by atoms with van der Waals surface area (Å²) in [4.78, 5) is 20.0. The molecular formula is C15H24ClN3OS. The van der Waals surface area contributed by atoms with Crippen LogP contribution in [0.5, 0.6) is 0 Å². The predicted octanol–water partition coefficient (Wildman–Crippen LogP) is 2.87. The highest BCUT2D eigenvalue weighted by atomic mass is 35.5. The Morgan fingerprint density at radius 3 is 2.76 bits per heavy atom. The van der Waals surface area contributed by atoms with E-state index in [1.807, 2.05) is 6.92 Å². The van der Waals surface area contributed by atoms with Crippen LogP contribution in [0.3, 0.4) is 0 Å². The molecule has 1 aromatic rings. The first kappa shape index (κ1) is 16.7. The summed E-state index contributed by atoms with van der Waals surface area (Å²) in [5.41, 5.74) is 2.67. The maximum atomic E-state index is 12.8. The third-order valence-electron chi connectivity index (χ3n) is 4.68. The zero-order chi connectivity index (χ0) is 13.9. The molecule has 6 heteroatoms. The first-order valence-electron chi connectivity index (χ1n) is 7.69. The van der Waals surface area contributed by atoms with Gasteiger partial charge in [-0.1, -0.05) is 0 Å². The number of hydrogen-bond donors (Lipinski definition) is 1. The average Bonchev–Trinajstić information content (AvgIpc) is 2.93. The van der Waals surface area contributed by atoms with Crippen LogP contribution in [-0.4, -0.2) is 41.5 Å². The van der Waals surface area contributed by atoms with Crippen molar-refractivity contribution in [3.8, 4) is 0 Å². The van der Waals surface area contributed by atoms with Gasteiger partial charge in [-0.05, 0) is 58.0 Å². The number of aryl methyl sites for hydroxylation is 1. The van der Waals surface area contributed by atoms with Gasteiger partial charge in [0.1, 0.15) is 4.88 Å². The molecule has 2 fully saturated rings. The normalized spacial score (nSPS) is 23.7. The fraction of sp³-hybridized carbons (Fsp3) is 0.733. The van der Waals surface area contributed by atoms with Gasteiger partial charge < -0.3 is 10.2 Å². The highest BCUT2D eigenvalue weighted by Crippen LogP contribution is 2.30. The van der Waals surface area contributed by atoms with E-state index in [-0.39, 0.29) is 18.3 Å². The van der Waals surface area contributed by atoms with Gasteiger partial charge in [0.05, 0.1) is 11.2 Å². The zero-order valence-corrected chi connectivity index (χ0v) is 14.1. The Hall–Kier alpha value is -0.650. The highest BCUT2D eigenvalue weighted by molar-refractivity contribution is 7.11. The second-order valence-corrected chi connectivity index (χ2v) is 6.77. The van der Waals surface area contributed by atoms with Crippen LogP contribution in [0.4, 0.5) is 0 Å². The zero-order valence-electron chi connectivity index (χ0n) is 12.5. The quantitative estimate of drug-likeness (QED) is 0.907. The van der Waals surface area contributed by atoms with Crippen molar-refractivity contribution < 1.29 is 4.79 Å². The number of thiazole rings is 1. The van der Waals surface area contributed by atoms with Crippen molar-refractivity contribution in [1.82, 2.24) is 15.2 Å². The van der Waals surface area contributed by atoms with Crippen LogP contribution < -0.4 is 5.32 Å². The minimum absolute atomic E-state index is 0. The van der Waals surface area contributed by atoms with E-state index in [9.17, 15) is 4.79 Å². The summed E-state index contributed by atoms with van der Waals surface area (Å²) < 4.78 is 0. The molecule has 0 spiro atoms. The van der Waals surface area contributed by atoms with Crippen LogP contribution in [0.2, 0.25) is 0 Å². The molecule has 0 saturated carbocycles. The molecule has 1 atom stereocenters. The van der Waals surface area contributed by atoms with E-state index >= 15 is 0 Å². The van der Waals surface area contributed by atoms with E-state index < -0.39 is 0 Å². The van der Waals surface area contributed by atoms with Crippen LogP contribution in [0.15, 0.2) is 5.51 Å². The number of halogens is 1. The summed E-state index contributed by atoms with van der Waals surface area (Å²) in [7, 11) is 0. The van der Waals surface area contributed by atoms with Crippen LogP contribution in [-0.2, 0) is 0 Å². The Bertz CT molecular complexity index is 473. The van der Waals surface area contributed by atoms with Crippen LogP contribution in [0, 0.1) is 12.8 Å². The molecule has 0 aliphatic carbocycles. The van der Waals surface area contributed by atoms with E-state index in [1.54, 1.807) is 5.51 Å². The van der Waals surface area contributed by atoms with Gasteiger partial charge in [-0.2, -0.15) is 0 Å². The number of nitrogens with one attached hydrogen (secondary N) is 1. The Morgan fingerprint density at radius 2 is 2.10 bits per heavy atom. The fourth-order valence-corrected chi connectivity index (χ4v) is 4.32. The van der Waals surface area contributed by atoms with Gasteiger partial charge in [-0.25, -0.2) is 4.98 Å². The molecule has 2 aliphatic rings. The number of nitrogens with zero attached hydrogens (tertiary/aromatic N) is 2. The monoisotopic (exact) mass is 329 g/mol. The van der Waals surface area contributed by atoms with Crippen molar-refractivity contribution in [2.45, 2.75) is 45.1 Å². The van der Waals surface area contributed by atoms with Crippen molar-refractivity contribution >= 4 is 29.7 Å². The van der Waals surface area contributed by atoms with Gasteiger partial charge in [-0.15, -0.1) is 23.7 Å². The summed E-state index contributed by atoms with van der Waals surface area (Å²) in [6.07, 6.45) is 5.99. The van der Waals surface area contributed by atoms with Crippen molar-refractivity contribution in [1.29, 1.82) is 0 Å². The molecular weight excluding hydrogens is 306 g/mol. The number of hydrogen-bond acceptors (Lipinski definition) is 4. The molecule has 0 bridgehead atoms. The number of likely N-dealkylation sites (tertiary alicyclic amines) is 1. The van der Waals surface area contributed by atoms with Gasteiger partial charge in [0, 0.05) is 12.6 Å². The van der Waals surface area contributed by atoms with E-state index in [2.05, 4.69) is 15.2 Å². The summed E-state index contributed by atoms with van der Waals surface area (Å²) >= 11 is 1.49. The number of piperidine rings is 2. The third kappa shape index (κ3) is 3.58. The highest BCUT2D eigenvalue weighted by Gasteiger charge is 2.34. The standard InChI is InChI=1S/C15H23N3OS.ClH/c1-11-14(20-10-17-11)15(19)18-9-3-2-4-13(18)12-5-7-16-8-6-12;/h10,12-13,16H,2-9H2,1H3;1H. The number of amides is 1. The van der Waals surface area contributed by atoms with Crippen molar-refractivity contribution in [3.63, 3.8) is 0 Å². The second-order valence-electron chi connectivity index (χ2n) is 5.92. The molecule has 2 saturated heterocycles. The number of rotatable bonds is 2. The predicted molar refractivity (Wildman–Crippen MR) is 88.4 cm³/mol. The van der Waals surface area contributed by atoms with Gasteiger partial charge >= 0.3 is 0 Å². The SMILES string of the molecule is Cc1ncsc1C(=O)N1CCCCC1C1CCNCC1.Cl. The maximum absolute atomic E-state index is 12.8. The van der Waals surface area contributed by atoms with Gasteiger partial charge in [0.25, 0.3) is 5.91 Å². The minimum Gasteiger partial charge on any atom is -0.335 e. The van der Waals surface area contributed by atoms with Crippen molar-refractivity contribution in [2.24, 2.45) is 5.92 Å². The molecule has 21 heavy (non-hydrogen) atoms. The first-order chi connectivity index (χ1) is 9.77. The fourth-order valence-electron chi connectivity index (χ4n) is 3.57. The molecule has 4 nitrogen and oxygen atoms in total. The molecule has 1 unspecified atom stereocenters. The molecule has 3 heterocycles. The number of aromatic nitrogens is 1. The molecule has 1 N–H and O–H groups in total. The van der Waals surface area contributed by atoms with Crippen LogP contribution >= 0.6 is 23.7 Å². The lowest BCUT2D eigenvalue weighted by Crippen LogP contribution is -2.49. The molecule has 0 radical (unpaired) electrons. The molecule has 1 amide bonds. The lowest BCUT2D eigenvalue weighted by atomic mass is 9.84. The molecule has 2 aliphatic heterocycles. The van der Waals surface area contributed by atoms with Gasteiger partial charge in [0.2, 0.25) is 0 Å². The topological polar surface area (TPSA) is 45.2 Å². The van der Waals surface area contributed by atoms with Crippen molar-refractivity contribution in [3.05, 3.63) is 16.1 Å². The Kier molecular flexibility index (Phi) is 6.02. The molecule has 3 rings (SSSR count). The largest absolute Gasteiger partial charge is 0.335 e. The molecule has 0 aromatic carbocycles. The van der Waals surface area contributed by atoms with Gasteiger partial charge in [-0.3, -0.25) is 4.79 Å². The summed E-state index contributed by atoms with van der Waals surface area (Å²) in [5.74, 6) is 0.891. The van der Waals surface area contributed by atoms with Crippen LogP contribution in [0.1, 0.15) is 47.5 Å².